The van der Waals surface area contributed by atoms with E-state index in [-0.39, 0.29) is 17.6 Å². The van der Waals surface area contributed by atoms with Crippen molar-refractivity contribution in [3.63, 3.8) is 0 Å². The first kappa shape index (κ1) is 24.4. The highest BCUT2D eigenvalue weighted by molar-refractivity contribution is 6.36. The Kier molecular flexibility index (Phi) is 7.17. The molecule has 1 aliphatic heterocycles. The average Bonchev–Trinajstić information content (AvgIpc) is 3.31. The Morgan fingerprint density at radius 3 is 2.49 bits per heavy atom. The van der Waals surface area contributed by atoms with Crippen LogP contribution in [-0.2, 0) is 4.79 Å². The van der Waals surface area contributed by atoms with Gasteiger partial charge in [0.2, 0.25) is 0 Å². The second-order valence-corrected chi connectivity index (χ2v) is 8.69. The lowest BCUT2D eigenvalue weighted by Crippen LogP contribution is -2.35. The highest BCUT2D eigenvalue weighted by Gasteiger charge is 2.28. The number of H-pyrrole nitrogens is 1. The number of aromatic nitrogens is 1. The summed E-state index contributed by atoms with van der Waals surface area (Å²) in [7, 11) is 0. The van der Waals surface area contributed by atoms with Crippen molar-refractivity contribution in [3.05, 3.63) is 76.4 Å². The number of aromatic amines is 1. The maximum atomic E-state index is 13.5. The minimum Gasteiger partial charge on any atom is -0.358 e. The molecule has 0 fully saturated rings. The highest BCUT2D eigenvalue weighted by atomic mass is 19.1. The molecule has 0 aliphatic carbocycles. The third kappa shape index (κ3) is 4.91. The second kappa shape index (κ2) is 10.3. The summed E-state index contributed by atoms with van der Waals surface area (Å²) in [5, 5.41) is 5.94. The van der Waals surface area contributed by atoms with Crippen molar-refractivity contribution >= 4 is 29.2 Å². The predicted octanol–water partition coefficient (Wildman–Crippen LogP) is 5.00. The molecule has 2 aromatic carbocycles. The lowest BCUT2D eigenvalue weighted by molar-refractivity contribution is -0.110. The molecule has 2 amide bonds. The van der Waals surface area contributed by atoms with Gasteiger partial charge in [0.15, 0.2) is 0 Å². The normalized spacial score (nSPS) is 13.9. The molecule has 0 unspecified atom stereocenters. The number of rotatable bonds is 8. The van der Waals surface area contributed by atoms with E-state index in [9.17, 15) is 14.0 Å². The van der Waals surface area contributed by atoms with Gasteiger partial charge in [0.25, 0.3) is 11.8 Å². The van der Waals surface area contributed by atoms with Gasteiger partial charge in [-0.1, -0.05) is 38.1 Å². The number of halogens is 1. The first-order chi connectivity index (χ1) is 16.8. The molecule has 35 heavy (non-hydrogen) atoms. The zero-order chi connectivity index (χ0) is 25.1. The summed E-state index contributed by atoms with van der Waals surface area (Å²) in [5.41, 5.74) is 6.47. The van der Waals surface area contributed by atoms with Crippen LogP contribution >= 0.6 is 0 Å². The van der Waals surface area contributed by atoms with Crippen molar-refractivity contribution in [3.8, 4) is 11.1 Å². The van der Waals surface area contributed by atoms with Crippen molar-refractivity contribution in [1.29, 1.82) is 0 Å². The van der Waals surface area contributed by atoms with Crippen LogP contribution in [0.25, 0.3) is 22.8 Å². The monoisotopic (exact) mass is 474 g/mol. The van der Waals surface area contributed by atoms with E-state index in [1.165, 1.54) is 12.1 Å². The summed E-state index contributed by atoms with van der Waals surface area (Å²) in [6.45, 7) is 11.2. The van der Waals surface area contributed by atoms with Crippen molar-refractivity contribution < 1.29 is 14.0 Å². The fourth-order valence-corrected chi connectivity index (χ4v) is 4.62. The van der Waals surface area contributed by atoms with Crippen molar-refractivity contribution in [2.24, 2.45) is 0 Å². The van der Waals surface area contributed by atoms with Crippen LogP contribution in [0.2, 0.25) is 0 Å². The lowest BCUT2D eigenvalue weighted by Gasteiger charge is -2.18. The number of nitrogens with zero attached hydrogens (tertiary/aromatic N) is 1. The topological polar surface area (TPSA) is 77.2 Å². The summed E-state index contributed by atoms with van der Waals surface area (Å²) in [6.07, 6.45) is 1.79. The number of carbonyl (C=O) groups excluding carboxylic acids is 2. The average molecular weight is 475 g/mol. The van der Waals surface area contributed by atoms with Gasteiger partial charge in [0.05, 0.1) is 11.1 Å². The Bertz CT molecular complexity index is 1290. The van der Waals surface area contributed by atoms with E-state index in [4.69, 9.17) is 0 Å². The minimum atomic E-state index is -0.313. The lowest BCUT2D eigenvalue weighted by atomic mass is 9.94. The number of likely N-dealkylation sites (N-methyl/N-ethyl adjacent to an activating group) is 1. The Hall–Kier alpha value is -3.71. The zero-order valence-electron chi connectivity index (χ0n) is 20.6. The second-order valence-electron chi connectivity index (χ2n) is 8.69. The molecule has 2 heterocycles. The number of carbonyl (C=O) groups is 2. The number of hydrogen-bond acceptors (Lipinski definition) is 3. The molecule has 0 saturated carbocycles. The molecule has 0 radical (unpaired) electrons. The van der Waals surface area contributed by atoms with Gasteiger partial charge >= 0.3 is 0 Å². The van der Waals surface area contributed by atoms with Gasteiger partial charge in [-0.3, -0.25) is 9.59 Å². The van der Waals surface area contributed by atoms with Gasteiger partial charge in [-0.25, -0.2) is 4.39 Å². The number of hydrogen-bond donors (Lipinski definition) is 3. The number of nitrogens with one attached hydrogen (secondary N) is 3. The quantitative estimate of drug-likeness (QED) is 0.402. The number of aryl methyl sites for hydroxylation is 1. The third-order valence-corrected chi connectivity index (χ3v) is 6.58. The van der Waals surface area contributed by atoms with Crippen LogP contribution in [0.3, 0.4) is 0 Å². The molecule has 0 spiro atoms. The minimum absolute atomic E-state index is 0.128. The first-order valence-corrected chi connectivity index (χ1v) is 12.0. The SMILES string of the molecule is CCN(CC)CCNC(=O)c1c(C)[nH]c(C=C2C(=O)Nc3cccc(-c4ccc(F)cc4)c32)c1C. The molecule has 3 aromatic rings. The summed E-state index contributed by atoms with van der Waals surface area (Å²) in [5.74, 6) is -0.658. The Balaban J connectivity index is 1.66. The van der Waals surface area contributed by atoms with Crippen molar-refractivity contribution in [1.82, 2.24) is 15.2 Å². The standard InChI is InChI=1S/C28H31FN4O2/c1-5-33(6-2)15-14-30-28(35)25-17(3)24(31-18(25)4)16-22-26-21(19-10-12-20(29)13-11-19)8-7-9-23(26)32-27(22)34/h7-13,16,31H,5-6,14-15H2,1-4H3,(H,30,35)(H,32,34). The largest absolute Gasteiger partial charge is 0.358 e. The van der Waals surface area contributed by atoms with Crippen LogP contribution in [0.1, 0.15) is 46.7 Å². The van der Waals surface area contributed by atoms with Crippen LogP contribution in [0.5, 0.6) is 0 Å². The summed E-state index contributed by atoms with van der Waals surface area (Å²) in [6, 6.07) is 11.9. The van der Waals surface area contributed by atoms with E-state index < -0.39 is 0 Å². The summed E-state index contributed by atoms with van der Waals surface area (Å²) < 4.78 is 13.5. The van der Waals surface area contributed by atoms with Gasteiger partial charge in [-0.2, -0.15) is 0 Å². The van der Waals surface area contributed by atoms with Gasteiger partial charge in [-0.15, -0.1) is 0 Å². The molecular formula is C28H31FN4O2. The summed E-state index contributed by atoms with van der Waals surface area (Å²) in [4.78, 5) is 31.4. The Morgan fingerprint density at radius 2 is 1.80 bits per heavy atom. The molecule has 1 aromatic heterocycles. The molecule has 0 saturated heterocycles. The molecule has 0 atom stereocenters. The Labute approximate surface area is 205 Å². The number of anilines is 1. The van der Waals surface area contributed by atoms with Crippen LogP contribution in [-0.4, -0.2) is 47.9 Å². The molecule has 7 heteroatoms. The van der Waals surface area contributed by atoms with E-state index in [2.05, 4.69) is 34.4 Å². The van der Waals surface area contributed by atoms with Crippen molar-refractivity contribution in [2.75, 3.05) is 31.5 Å². The number of amides is 2. The Morgan fingerprint density at radius 1 is 1.09 bits per heavy atom. The van der Waals surface area contributed by atoms with Crippen LogP contribution in [0.15, 0.2) is 42.5 Å². The van der Waals surface area contributed by atoms with E-state index in [0.29, 0.717) is 29.1 Å². The van der Waals surface area contributed by atoms with E-state index >= 15 is 0 Å². The molecule has 3 N–H and O–H groups in total. The number of benzene rings is 2. The molecule has 0 bridgehead atoms. The van der Waals surface area contributed by atoms with Crippen LogP contribution in [0, 0.1) is 19.7 Å². The van der Waals surface area contributed by atoms with Crippen LogP contribution < -0.4 is 10.6 Å². The smallest absolute Gasteiger partial charge is 0.256 e. The van der Waals surface area contributed by atoms with E-state index in [0.717, 1.165) is 47.6 Å². The van der Waals surface area contributed by atoms with E-state index in [1.807, 2.05) is 32.0 Å². The van der Waals surface area contributed by atoms with Gasteiger partial charge in [0, 0.05) is 35.7 Å². The highest BCUT2D eigenvalue weighted by Crippen LogP contribution is 2.40. The molecule has 1 aliphatic rings. The first-order valence-electron chi connectivity index (χ1n) is 12.0. The maximum Gasteiger partial charge on any atom is 0.256 e. The fraction of sp³-hybridized carbons (Fsp3) is 0.286. The van der Waals surface area contributed by atoms with Gasteiger partial charge < -0.3 is 20.5 Å². The van der Waals surface area contributed by atoms with Crippen molar-refractivity contribution in [2.45, 2.75) is 27.7 Å². The molecular weight excluding hydrogens is 443 g/mol. The van der Waals surface area contributed by atoms with E-state index in [1.54, 1.807) is 18.2 Å². The molecule has 6 nitrogen and oxygen atoms in total. The molecule has 4 rings (SSSR count). The van der Waals surface area contributed by atoms with Crippen LogP contribution in [0.4, 0.5) is 10.1 Å². The summed E-state index contributed by atoms with van der Waals surface area (Å²) >= 11 is 0. The predicted molar refractivity (Wildman–Crippen MR) is 139 cm³/mol. The number of fused-ring (bicyclic) bond motifs is 1. The van der Waals surface area contributed by atoms with Gasteiger partial charge in [-0.05, 0) is 67.9 Å². The third-order valence-electron chi connectivity index (χ3n) is 6.58. The maximum absolute atomic E-state index is 13.5. The zero-order valence-corrected chi connectivity index (χ0v) is 20.6. The van der Waals surface area contributed by atoms with Gasteiger partial charge in [0.1, 0.15) is 5.82 Å². The molecule has 182 valence electrons. The fourth-order valence-electron chi connectivity index (χ4n) is 4.62.